The summed E-state index contributed by atoms with van der Waals surface area (Å²) >= 11 is 0. The highest BCUT2D eigenvalue weighted by atomic mass is 19.2. The number of halogens is 4. The van der Waals surface area contributed by atoms with Gasteiger partial charge in [-0.2, -0.15) is 4.39 Å². The Bertz CT molecular complexity index is 311. The number of benzene rings is 1. The Morgan fingerprint density at radius 2 is 1.58 bits per heavy atom. The van der Waals surface area contributed by atoms with Crippen LogP contribution in [0.15, 0.2) is 0 Å². The number of hydrogen-bond acceptors (Lipinski definition) is 1. The molecule has 65 valence electrons. The van der Waals surface area contributed by atoms with Crippen LogP contribution in [-0.4, -0.2) is 7.11 Å². The van der Waals surface area contributed by atoms with Crippen LogP contribution in [0.25, 0.3) is 0 Å². The van der Waals surface area contributed by atoms with Crippen molar-refractivity contribution < 1.29 is 22.3 Å². The zero-order valence-electron chi connectivity index (χ0n) is 5.92. The molecule has 0 bridgehead atoms. The maximum atomic E-state index is 12.5. The summed E-state index contributed by atoms with van der Waals surface area (Å²) in [6.07, 6.45) is 0. The van der Waals surface area contributed by atoms with Crippen molar-refractivity contribution in [3.8, 4) is 5.75 Å². The molecule has 0 spiro atoms. The lowest BCUT2D eigenvalue weighted by Gasteiger charge is -2.02. The van der Waals surface area contributed by atoms with Gasteiger partial charge in [-0.15, -0.1) is 0 Å². The van der Waals surface area contributed by atoms with E-state index in [2.05, 4.69) is 4.74 Å². The summed E-state index contributed by atoms with van der Waals surface area (Å²) in [5.74, 6) is -7.77. The molecule has 0 N–H and O–H groups in total. The highest BCUT2D eigenvalue weighted by molar-refractivity contribution is 5.25. The van der Waals surface area contributed by atoms with E-state index in [1.807, 2.05) is 0 Å². The summed E-state index contributed by atoms with van der Waals surface area (Å²) < 4.78 is 53.6. The molecule has 0 saturated carbocycles. The van der Waals surface area contributed by atoms with Gasteiger partial charge in [-0.3, -0.25) is 0 Å². The highest BCUT2D eigenvalue weighted by Gasteiger charge is 2.19. The third-order valence-electron chi connectivity index (χ3n) is 1.20. The summed E-state index contributed by atoms with van der Waals surface area (Å²) in [6.45, 7) is 0. The monoisotopic (exact) mass is 179 g/mol. The third-order valence-corrected chi connectivity index (χ3v) is 1.20. The van der Waals surface area contributed by atoms with Crippen molar-refractivity contribution in [1.82, 2.24) is 0 Å². The molecule has 0 amide bonds. The molecule has 0 fully saturated rings. The van der Waals surface area contributed by atoms with Crippen LogP contribution in [-0.2, 0) is 0 Å². The Morgan fingerprint density at radius 1 is 1.00 bits per heavy atom. The Morgan fingerprint density at radius 3 is 2.08 bits per heavy atom. The quantitative estimate of drug-likeness (QED) is 0.364. The number of ether oxygens (including phenoxy) is 1. The van der Waals surface area contributed by atoms with Gasteiger partial charge in [0.1, 0.15) is 0 Å². The normalized spacial score (nSPS) is 10.1. The average molecular weight is 179 g/mol. The molecule has 1 aromatic rings. The van der Waals surface area contributed by atoms with E-state index in [1.165, 1.54) is 0 Å². The molecule has 0 aliphatic rings. The fourth-order valence-corrected chi connectivity index (χ4v) is 0.642. The van der Waals surface area contributed by atoms with Crippen LogP contribution in [0.3, 0.4) is 0 Å². The molecule has 0 saturated heterocycles. The molecule has 0 heterocycles. The molecule has 1 rings (SSSR count). The minimum absolute atomic E-state index is 0.786. The van der Waals surface area contributed by atoms with E-state index < -0.39 is 29.0 Å². The van der Waals surface area contributed by atoms with Gasteiger partial charge in [0.05, 0.1) is 13.2 Å². The van der Waals surface area contributed by atoms with Crippen molar-refractivity contribution in [2.75, 3.05) is 7.11 Å². The lowest BCUT2D eigenvalue weighted by Crippen LogP contribution is -1.99. The lowest BCUT2D eigenvalue weighted by molar-refractivity contribution is 0.344. The van der Waals surface area contributed by atoms with Gasteiger partial charge in [-0.25, -0.2) is 13.2 Å². The first-order chi connectivity index (χ1) is 5.57. The van der Waals surface area contributed by atoms with Crippen LogP contribution in [0.2, 0.25) is 0 Å². The zero-order chi connectivity index (χ0) is 9.30. The Labute approximate surface area is 65.6 Å². The summed E-state index contributed by atoms with van der Waals surface area (Å²) in [6, 6.07) is 1.56. The van der Waals surface area contributed by atoms with Crippen LogP contribution >= 0.6 is 0 Å². The molecule has 0 atom stereocenters. The average Bonchev–Trinajstić information content (AvgIpc) is 2.08. The summed E-state index contributed by atoms with van der Waals surface area (Å²) in [5.41, 5.74) is 0. The fraction of sp³-hybridized carbons (Fsp3) is 0.143. The van der Waals surface area contributed by atoms with Crippen molar-refractivity contribution in [1.29, 1.82) is 0 Å². The van der Waals surface area contributed by atoms with Gasteiger partial charge in [0.25, 0.3) is 0 Å². The molecule has 1 radical (unpaired) electrons. The highest BCUT2D eigenvalue weighted by Crippen LogP contribution is 2.23. The largest absolute Gasteiger partial charge is 0.493 e. The van der Waals surface area contributed by atoms with Gasteiger partial charge in [-0.05, 0) is 0 Å². The van der Waals surface area contributed by atoms with Crippen molar-refractivity contribution >= 4 is 0 Å². The first kappa shape index (κ1) is 8.83. The van der Waals surface area contributed by atoms with E-state index in [4.69, 9.17) is 0 Å². The number of methoxy groups -OCH3 is 1. The Balaban J connectivity index is 3.39. The third kappa shape index (κ3) is 1.22. The van der Waals surface area contributed by atoms with Crippen LogP contribution in [0, 0.1) is 29.3 Å². The minimum Gasteiger partial charge on any atom is -0.493 e. The van der Waals surface area contributed by atoms with E-state index in [0.717, 1.165) is 7.11 Å². The van der Waals surface area contributed by atoms with Gasteiger partial charge in [0.15, 0.2) is 17.4 Å². The zero-order valence-corrected chi connectivity index (χ0v) is 5.92. The van der Waals surface area contributed by atoms with Crippen LogP contribution in [0.5, 0.6) is 5.75 Å². The van der Waals surface area contributed by atoms with E-state index in [1.54, 1.807) is 6.07 Å². The lowest BCUT2D eigenvalue weighted by atomic mass is 10.3. The summed E-state index contributed by atoms with van der Waals surface area (Å²) in [7, 11) is 0.992. The molecule has 1 aromatic carbocycles. The number of hydrogen-bond donors (Lipinski definition) is 0. The molecule has 12 heavy (non-hydrogen) atoms. The SMILES string of the molecule is COc1[c]c(F)c(F)c(F)c1F. The van der Waals surface area contributed by atoms with Gasteiger partial charge in [-0.1, -0.05) is 0 Å². The van der Waals surface area contributed by atoms with Gasteiger partial charge >= 0.3 is 0 Å². The predicted molar refractivity (Wildman–Crippen MR) is 31.7 cm³/mol. The first-order valence-corrected chi connectivity index (χ1v) is 2.87. The molecule has 0 aliphatic carbocycles. The molecule has 5 heteroatoms. The molecular weight excluding hydrogens is 176 g/mol. The van der Waals surface area contributed by atoms with E-state index in [9.17, 15) is 17.6 Å². The van der Waals surface area contributed by atoms with E-state index >= 15 is 0 Å². The van der Waals surface area contributed by atoms with Crippen molar-refractivity contribution in [3.63, 3.8) is 0 Å². The molecule has 0 aromatic heterocycles. The van der Waals surface area contributed by atoms with Crippen molar-refractivity contribution in [2.45, 2.75) is 0 Å². The van der Waals surface area contributed by atoms with Crippen molar-refractivity contribution in [3.05, 3.63) is 29.3 Å². The smallest absolute Gasteiger partial charge is 0.204 e. The summed E-state index contributed by atoms with van der Waals surface area (Å²) in [4.78, 5) is 0. The van der Waals surface area contributed by atoms with Crippen LogP contribution in [0.1, 0.15) is 0 Å². The maximum absolute atomic E-state index is 12.5. The van der Waals surface area contributed by atoms with Gasteiger partial charge < -0.3 is 4.74 Å². The summed E-state index contributed by atoms with van der Waals surface area (Å²) in [5, 5.41) is 0. The first-order valence-electron chi connectivity index (χ1n) is 2.87. The standard InChI is InChI=1S/C7H3F4O/c1-12-4-2-3(8)5(9)7(11)6(4)10/h1H3. The molecular formula is C7H3F4O. The topological polar surface area (TPSA) is 9.23 Å². The second-order valence-corrected chi connectivity index (χ2v) is 1.91. The molecule has 0 aliphatic heterocycles. The number of rotatable bonds is 1. The van der Waals surface area contributed by atoms with E-state index in [-0.39, 0.29) is 0 Å². The second-order valence-electron chi connectivity index (χ2n) is 1.91. The Hall–Kier alpha value is -1.26. The Kier molecular flexibility index (Phi) is 2.21. The van der Waals surface area contributed by atoms with Gasteiger partial charge in [0.2, 0.25) is 11.6 Å². The van der Waals surface area contributed by atoms with Crippen molar-refractivity contribution in [2.24, 2.45) is 0 Å². The van der Waals surface area contributed by atoms with Crippen LogP contribution in [0.4, 0.5) is 17.6 Å². The predicted octanol–water partition coefficient (Wildman–Crippen LogP) is 2.05. The molecule has 0 unspecified atom stereocenters. The second kappa shape index (κ2) is 3.00. The van der Waals surface area contributed by atoms with Crippen LogP contribution < -0.4 is 4.74 Å². The molecule has 1 nitrogen and oxygen atoms in total. The fourth-order valence-electron chi connectivity index (χ4n) is 0.642. The van der Waals surface area contributed by atoms with E-state index in [0.29, 0.717) is 0 Å². The van der Waals surface area contributed by atoms with Gasteiger partial charge in [0, 0.05) is 0 Å². The minimum atomic E-state index is -1.90. The maximum Gasteiger partial charge on any atom is 0.204 e.